The van der Waals surface area contributed by atoms with Crippen LogP contribution in [-0.2, 0) is 6.42 Å². The van der Waals surface area contributed by atoms with Gasteiger partial charge >= 0.3 is 0 Å². The smallest absolute Gasteiger partial charge is 0.162 e. The third kappa shape index (κ3) is 3.22. The molecule has 0 amide bonds. The molecule has 0 fully saturated rings. The number of rotatable bonds is 4. The van der Waals surface area contributed by atoms with Gasteiger partial charge in [0.1, 0.15) is 5.75 Å². The number of nitrogens with two attached hydrogens (primary N) is 1. The Kier molecular flexibility index (Phi) is 4.45. The number of aliphatic hydroxyl groups excluding tert-OH is 1. The van der Waals surface area contributed by atoms with Crippen molar-refractivity contribution in [3.63, 3.8) is 0 Å². The van der Waals surface area contributed by atoms with Gasteiger partial charge in [-0.3, -0.25) is 0 Å². The van der Waals surface area contributed by atoms with Gasteiger partial charge < -0.3 is 20.9 Å². The highest BCUT2D eigenvalue weighted by Gasteiger charge is 2.35. The Labute approximate surface area is 150 Å². The van der Waals surface area contributed by atoms with E-state index in [-0.39, 0.29) is 5.76 Å². The lowest BCUT2D eigenvalue weighted by molar-refractivity contribution is 0.0910. The number of hydrogen-bond acceptors (Lipinski definition) is 4. The zero-order valence-corrected chi connectivity index (χ0v) is 15.4. The van der Waals surface area contributed by atoms with Crippen molar-refractivity contribution in [2.75, 3.05) is 12.3 Å². The second-order valence-corrected chi connectivity index (χ2v) is 7.22. The first-order valence-corrected chi connectivity index (χ1v) is 8.68. The Balaban J connectivity index is 1.88. The molecule has 4 N–H and O–H groups in total. The molecule has 0 radical (unpaired) electrons. The van der Waals surface area contributed by atoms with Crippen LogP contribution in [0.1, 0.15) is 25.0 Å². The van der Waals surface area contributed by atoms with Crippen LogP contribution >= 0.6 is 15.9 Å². The van der Waals surface area contributed by atoms with Crippen molar-refractivity contribution in [1.82, 2.24) is 5.32 Å². The van der Waals surface area contributed by atoms with Crippen molar-refractivity contribution in [3.05, 3.63) is 63.8 Å². The molecule has 0 saturated heterocycles. The standard InChI is InChI=1S/C19H21BrN2O2/c1-19(2)18(23)17(22-9-8-12-6-4-3-5-7-12)13-10-14(20)15(21)11-16(13)24-19/h3-7,10-11,22-23H,8-9,21H2,1-2H3. The molecular formula is C19H21BrN2O2. The fraction of sp³-hybridized carbons (Fsp3) is 0.263. The van der Waals surface area contributed by atoms with Gasteiger partial charge in [0.2, 0.25) is 0 Å². The molecule has 1 aliphatic heterocycles. The zero-order valence-electron chi connectivity index (χ0n) is 13.8. The van der Waals surface area contributed by atoms with E-state index in [2.05, 4.69) is 33.4 Å². The van der Waals surface area contributed by atoms with E-state index in [1.54, 1.807) is 6.07 Å². The maximum Gasteiger partial charge on any atom is 0.162 e. The number of aliphatic hydroxyl groups is 1. The minimum atomic E-state index is -0.803. The van der Waals surface area contributed by atoms with E-state index in [4.69, 9.17) is 10.5 Å². The molecule has 0 bridgehead atoms. The number of hydrogen-bond donors (Lipinski definition) is 3. The summed E-state index contributed by atoms with van der Waals surface area (Å²) in [7, 11) is 0. The number of fused-ring (bicyclic) bond motifs is 1. The summed E-state index contributed by atoms with van der Waals surface area (Å²) in [6.45, 7) is 4.38. The molecule has 4 nitrogen and oxygen atoms in total. The predicted octanol–water partition coefficient (Wildman–Crippen LogP) is 4.26. The second-order valence-electron chi connectivity index (χ2n) is 6.37. The van der Waals surface area contributed by atoms with Crippen LogP contribution in [0, 0.1) is 0 Å². The Morgan fingerprint density at radius 3 is 2.62 bits per heavy atom. The summed E-state index contributed by atoms with van der Waals surface area (Å²) < 4.78 is 6.69. The number of anilines is 1. The minimum absolute atomic E-state index is 0.194. The first-order chi connectivity index (χ1) is 11.4. The molecule has 3 rings (SSSR count). The summed E-state index contributed by atoms with van der Waals surface area (Å²) in [5.74, 6) is 0.862. The molecule has 0 aromatic heterocycles. The van der Waals surface area contributed by atoms with Gasteiger partial charge in [-0.1, -0.05) is 30.3 Å². The average Bonchev–Trinajstić information content (AvgIpc) is 2.54. The van der Waals surface area contributed by atoms with Gasteiger partial charge in [0, 0.05) is 28.3 Å². The lowest BCUT2D eigenvalue weighted by Crippen LogP contribution is -2.37. The van der Waals surface area contributed by atoms with E-state index in [9.17, 15) is 5.11 Å². The lowest BCUT2D eigenvalue weighted by atomic mass is 9.96. The van der Waals surface area contributed by atoms with Gasteiger partial charge in [0.05, 0.1) is 5.70 Å². The van der Waals surface area contributed by atoms with Crippen LogP contribution < -0.4 is 15.8 Å². The molecule has 126 valence electrons. The maximum atomic E-state index is 10.6. The van der Waals surface area contributed by atoms with Crippen molar-refractivity contribution >= 4 is 27.3 Å². The second kappa shape index (κ2) is 6.40. The van der Waals surface area contributed by atoms with Crippen LogP contribution in [0.4, 0.5) is 5.69 Å². The average molecular weight is 389 g/mol. The van der Waals surface area contributed by atoms with Gasteiger partial charge in [0.15, 0.2) is 11.4 Å². The molecule has 2 aromatic rings. The van der Waals surface area contributed by atoms with Crippen molar-refractivity contribution in [1.29, 1.82) is 0 Å². The molecule has 1 heterocycles. The Bertz CT molecular complexity index is 785. The van der Waals surface area contributed by atoms with Crippen molar-refractivity contribution in [2.24, 2.45) is 0 Å². The summed E-state index contributed by atoms with van der Waals surface area (Å²) in [5, 5.41) is 14.0. The SMILES string of the molecule is CC1(C)Oc2cc(N)c(Br)cc2C(NCCc2ccccc2)=C1O. The van der Waals surface area contributed by atoms with Crippen molar-refractivity contribution < 1.29 is 9.84 Å². The van der Waals surface area contributed by atoms with E-state index in [0.717, 1.165) is 16.5 Å². The molecule has 0 unspecified atom stereocenters. The Hall–Kier alpha value is -2.14. The zero-order chi connectivity index (χ0) is 17.3. The van der Waals surface area contributed by atoms with E-state index < -0.39 is 5.60 Å². The van der Waals surface area contributed by atoms with Crippen LogP contribution in [0.25, 0.3) is 5.70 Å². The number of nitrogen functional groups attached to an aromatic ring is 1. The molecule has 0 spiro atoms. The Morgan fingerprint density at radius 2 is 1.92 bits per heavy atom. The third-order valence-corrected chi connectivity index (χ3v) is 4.79. The molecule has 2 aromatic carbocycles. The highest BCUT2D eigenvalue weighted by atomic mass is 79.9. The minimum Gasteiger partial charge on any atom is -0.506 e. The largest absolute Gasteiger partial charge is 0.506 e. The summed E-state index contributed by atoms with van der Waals surface area (Å²) in [4.78, 5) is 0. The summed E-state index contributed by atoms with van der Waals surface area (Å²) in [6.07, 6.45) is 0.865. The summed E-state index contributed by atoms with van der Waals surface area (Å²) >= 11 is 3.44. The summed E-state index contributed by atoms with van der Waals surface area (Å²) in [5.41, 5.74) is 8.51. The molecule has 1 aliphatic rings. The fourth-order valence-corrected chi connectivity index (χ4v) is 3.10. The number of halogens is 1. The molecule has 5 heteroatoms. The van der Waals surface area contributed by atoms with Crippen molar-refractivity contribution in [2.45, 2.75) is 25.9 Å². The lowest BCUT2D eigenvalue weighted by Gasteiger charge is -2.34. The van der Waals surface area contributed by atoms with E-state index in [0.29, 0.717) is 23.7 Å². The number of nitrogens with one attached hydrogen (secondary N) is 1. The van der Waals surface area contributed by atoms with E-state index in [1.807, 2.05) is 38.1 Å². The monoisotopic (exact) mass is 388 g/mol. The van der Waals surface area contributed by atoms with E-state index >= 15 is 0 Å². The van der Waals surface area contributed by atoms with Gasteiger partial charge in [-0.25, -0.2) is 0 Å². The van der Waals surface area contributed by atoms with Gasteiger partial charge in [-0.15, -0.1) is 0 Å². The molecular weight excluding hydrogens is 368 g/mol. The molecule has 0 atom stereocenters. The van der Waals surface area contributed by atoms with Gasteiger partial charge in [0.25, 0.3) is 0 Å². The van der Waals surface area contributed by atoms with Crippen LogP contribution in [-0.4, -0.2) is 17.3 Å². The van der Waals surface area contributed by atoms with Crippen LogP contribution in [0.15, 0.2) is 52.7 Å². The molecule has 0 saturated carbocycles. The highest BCUT2D eigenvalue weighted by Crippen LogP contribution is 2.41. The molecule has 24 heavy (non-hydrogen) atoms. The topological polar surface area (TPSA) is 67.5 Å². The number of ether oxygens (including phenoxy) is 1. The van der Waals surface area contributed by atoms with Crippen LogP contribution in [0.3, 0.4) is 0 Å². The molecule has 0 aliphatic carbocycles. The van der Waals surface area contributed by atoms with Gasteiger partial charge in [-0.2, -0.15) is 0 Å². The van der Waals surface area contributed by atoms with Crippen molar-refractivity contribution in [3.8, 4) is 5.75 Å². The van der Waals surface area contributed by atoms with Crippen LogP contribution in [0.2, 0.25) is 0 Å². The first kappa shape index (κ1) is 16.7. The highest BCUT2D eigenvalue weighted by molar-refractivity contribution is 9.10. The Morgan fingerprint density at radius 1 is 1.21 bits per heavy atom. The first-order valence-electron chi connectivity index (χ1n) is 7.88. The maximum absolute atomic E-state index is 10.6. The van der Waals surface area contributed by atoms with Crippen LogP contribution in [0.5, 0.6) is 5.75 Å². The third-order valence-electron chi connectivity index (χ3n) is 4.10. The van der Waals surface area contributed by atoms with Gasteiger partial charge in [-0.05, 0) is 47.8 Å². The quantitative estimate of drug-likeness (QED) is 0.684. The van der Waals surface area contributed by atoms with E-state index in [1.165, 1.54) is 5.56 Å². The number of benzene rings is 2. The normalized spacial score (nSPS) is 15.6. The fourth-order valence-electron chi connectivity index (χ4n) is 2.76. The summed E-state index contributed by atoms with van der Waals surface area (Å²) in [6, 6.07) is 13.9. The predicted molar refractivity (Wildman–Crippen MR) is 101 cm³/mol.